The van der Waals surface area contributed by atoms with Crippen molar-refractivity contribution < 1.29 is 14.4 Å². The SMILES string of the molecule is Cc1cccc(/C=C(/NC(=O)c2ccccc2)C(=O)Nc2cccc(SCC(=O)Nc3ccc(Cl)cc3Cl)c2)c1. The Morgan fingerprint density at radius 3 is 2.35 bits per heavy atom. The van der Waals surface area contributed by atoms with Gasteiger partial charge in [-0.25, -0.2) is 0 Å². The number of hydrogen-bond donors (Lipinski definition) is 3. The van der Waals surface area contributed by atoms with E-state index in [9.17, 15) is 14.4 Å². The molecule has 6 nitrogen and oxygen atoms in total. The number of nitrogens with one attached hydrogen (secondary N) is 3. The molecule has 0 aliphatic rings. The van der Waals surface area contributed by atoms with Crippen LogP contribution in [0.15, 0.2) is 108 Å². The van der Waals surface area contributed by atoms with E-state index in [1.165, 1.54) is 11.8 Å². The maximum absolute atomic E-state index is 13.3. The summed E-state index contributed by atoms with van der Waals surface area (Å²) in [6, 6.07) is 28.2. The monoisotopic (exact) mass is 589 g/mol. The average Bonchev–Trinajstić information content (AvgIpc) is 2.94. The number of carbonyl (C=O) groups is 3. The molecule has 40 heavy (non-hydrogen) atoms. The first kappa shape index (κ1) is 29.0. The zero-order valence-electron chi connectivity index (χ0n) is 21.4. The molecule has 0 aromatic heterocycles. The third kappa shape index (κ3) is 8.48. The molecular formula is C31H25Cl2N3O3S. The number of benzene rings is 4. The Labute approximate surface area is 246 Å². The maximum atomic E-state index is 13.3. The van der Waals surface area contributed by atoms with E-state index in [0.717, 1.165) is 16.0 Å². The van der Waals surface area contributed by atoms with Crippen molar-refractivity contribution in [3.63, 3.8) is 0 Å². The van der Waals surface area contributed by atoms with Crippen LogP contribution in [-0.2, 0) is 9.59 Å². The first-order valence-corrected chi connectivity index (χ1v) is 13.9. The van der Waals surface area contributed by atoms with Gasteiger partial charge in [0, 0.05) is 21.2 Å². The quantitative estimate of drug-likeness (QED) is 0.140. The molecule has 0 heterocycles. The molecule has 0 spiro atoms. The number of thioether (sulfide) groups is 1. The summed E-state index contributed by atoms with van der Waals surface area (Å²) in [4.78, 5) is 39.4. The first-order chi connectivity index (χ1) is 19.3. The number of aryl methyl sites for hydroxylation is 1. The molecule has 4 aromatic rings. The van der Waals surface area contributed by atoms with Gasteiger partial charge in [-0.2, -0.15) is 0 Å². The summed E-state index contributed by atoms with van der Waals surface area (Å²) in [5, 5.41) is 9.18. The molecule has 0 unspecified atom stereocenters. The summed E-state index contributed by atoms with van der Waals surface area (Å²) in [5.74, 6) is -0.994. The number of carbonyl (C=O) groups excluding carboxylic acids is 3. The van der Waals surface area contributed by atoms with E-state index in [0.29, 0.717) is 27.0 Å². The lowest BCUT2D eigenvalue weighted by Gasteiger charge is -2.12. The Morgan fingerprint density at radius 2 is 1.60 bits per heavy atom. The van der Waals surface area contributed by atoms with Crippen LogP contribution >= 0.6 is 35.0 Å². The molecule has 202 valence electrons. The Kier molecular flexibility index (Phi) is 10.0. The van der Waals surface area contributed by atoms with Crippen molar-refractivity contribution in [2.75, 3.05) is 16.4 Å². The second-order valence-electron chi connectivity index (χ2n) is 8.74. The molecule has 0 aliphatic carbocycles. The van der Waals surface area contributed by atoms with Crippen molar-refractivity contribution in [1.82, 2.24) is 5.32 Å². The lowest BCUT2D eigenvalue weighted by molar-refractivity contribution is -0.114. The third-order valence-electron chi connectivity index (χ3n) is 5.55. The highest BCUT2D eigenvalue weighted by Gasteiger charge is 2.16. The van der Waals surface area contributed by atoms with E-state index in [1.54, 1.807) is 66.7 Å². The van der Waals surface area contributed by atoms with E-state index >= 15 is 0 Å². The van der Waals surface area contributed by atoms with E-state index in [2.05, 4.69) is 16.0 Å². The highest BCUT2D eigenvalue weighted by molar-refractivity contribution is 8.00. The number of rotatable bonds is 9. The van der Waals surface area contributed by atoms with E-state index < -0.39 is 11.8 Å². The van der Waals surface area contributed by atoms with Gasteiger partial charge in [0.2, 0.25) is 5.91 Å². The van der Waals surface area contributed by atoms with Crippen LogP contribution in [-0.4, -0.2) is 23.5 Å². The van der Waals surface area contributed by atoms with Crippen LogP contribution in [0.1, 0.15) is 21.5 Å². The van der Waals surface area contributed by atoms with Gasteiger partial charge in [0.15, 0.2) is 0 Å². The lowest BCUT2D eigenvalue weighted by atomic mass is 10.1. The van der Waals surface area contributed by atoms with Gasteiger partial charge in [-0.3, -0.25) is 14.4 Å². The van der Waals surface area contributed by atoms with Crippen molar-refractivity contribution in [2.45, 2.75) is 11.8 Å². The molecule has 0 saturated carbocycles. The van der Waals surface area contributed by atoms with Crippen LogP contribution in [0.4, 0.5) is 11.4 Å². The first-order valence-electron chi connectivity index (χ1n) is 12.2. The normalized spacial score (nSPS) is 11.0. The summed E-state index contributed by atoms with van der Waals surface area (Å²) in [7, 11) is 0. The molecule has 3 N–H and O–H groups in total. The van der Waals surface area contributed by atoms with Gasteiger partial charge in [-0.1, -0.05) is 77.3 Å². The van der Waals surface area contributed by atoms with Crippen LogP contribution in [0.25, 0.3) is 6.08 Å². The molecular weight excluding hydrogens is 565 g/mol. The molecule has 0 fully saturated rings. The largest absolute Gasteiger partial charge is 0.324 e. The van der Waals surface area contributed by atoms with Gasteiger partial charge in [-0.05, 0) is 67.1 Å². The number of amides is 3. The van der Waals surface area contributed by atoms with E-state index in [1.807, 2.05) is 43.3 Å². The maximum Gasteiger partial charge on any atom is 0.272 e. The van der Waals surface area contributed by atoms with Crippen LogP contribution in [0.3, 0.4) is 0 Å². The molecule has 0 radical (unpaired) electrons. The molecule has 4 rings (SSSR count). The molecule has 0 atom stereocenters. The highest BCUT2D eigenvalue weighted by atomic mass is 35.5. The number of anilines is 2. The van der Waals surface area contributed by atoms with Crippen LogP contribution in [0.5, 0.6) is 0 Å². The summed E-state index contributed by atoms with van der Waals surface area (Å²) < 4.78 is 0. The summed E-state index contributed by atoms with van der Waals surface area (Å²) in [6.07, 6.45) is 1.63. The minimum Gasteiger partial charge on any atom is -0.324 e. The van der Waals surface area contributed by atoms with Gasteiger partial charge < -0.3 is 16.0 Å². The van der Waals surface area contributed by atoms with Crippen molar-refractivity contribution in [3.05, 3.63) is 129 Å². The smallest absolute Gasteiger partial charge is 0.272 e. The highest BCUT2D eigenvalue weighted by Crippen LogP contribution is 2.27. The fourth-order valence-corrected chi connectivity index (χ4v) is 4.87. The third-order valence-corrected chi connectivity index (χ3v) is 7.09. The Balaban J connectivity index is 1.45. The molecule has 0 aliphatic heterocycles. The predicted octanol–water partition coefficient (Wildman–Crippen LogP) is 7.44. The number of halogens is 2. The fourth-order valence-electron chi connectivity index (χ4n) is 3.66. The fraction of sp³-hybridized carbons (Fsp3) is 0.0645. The number of hydrogen-bond acceptors (Lipinski definition) is 4. The van der Waals surface area contributed by atoms with Crippen molar-refractivity contribution in [3.8, 4) is 0 Å². The van der Waals surface area contributed by atoms with Gasteiger partial charge in [0.05, 0.1) is 16.5 Å². The van der Waals surface area contributed by atoms with Gasteiger partial charge >= 0.3 is 0 Å². The Hall–Kier alpha value is -4.04. The minimum atomic E-state index is -0.483. The zero-order chi connectivity index (χ0) is 28.5. The van der Waals surface area contributed by atoms with Crippen molar-refractivity contribution in [2.24, 2.45) is 0 Å². The molecule has 4 aromatic carbocycles. The van der Waals surface area contributed by atoms with E-state index in [4.69, 9.17) is 23.2 Å². The van der Waals surface area contributed by atoms with E-state index in [-0.39, 0.29) is 17.4 Å². The average molecular weight is 591 g/mol. The molecule has 0 bridgehead atoms. The lowest BCUT2D eigenvalue weighted by Crippen LogP contribution is -2.30. The van der Waals surface area contributed by atoms with Crippen molar-refractivity contribution in [1.29, 1.82) is 0 Å². The summed E-state index contributed by atoms with van der Waals surface area (Å²) in [5.41, 5.74) is 3.31. The predicted molar refractivity (Wildman–Crippen MR) is 164 cm³/mol. The summed E-state index contributed by atoms with van der Waals surface area (Å²) >= 11 is 13.3. The van der Waals surface area contributed by atoms with Crippen molar-refractivity contribution >= 4 is 70.1 Å². The molecule has 3 amide bonds. The Morgan fingerprint density at radius 1 is 0.825 bits per heavy atom. The molecule has 0 saturated heterocycles. The van der Waals surface area contributed by atoms with Gasteiger partial charge in [0.1, 0.15) is 5.70 Å². The van der Waals surface area contributed by atoms with Crippen LogP contribution in [0.2, 0.25) is 10.0 Å². The zero-order valence-corrected chi connectivity index (χ0v) is 23.7. The second kappa shape index (κ2) is 13.8. The topological polar surface area (TPSA) is 87.3 Å². The minimum absolute atomic E-state index is 0.0942. The van der Waals surface area contributed by atoms with Gasteiger partial charge in [-0.15, -0.1) is 11.8 Å². The van der Waals surface area contributed by atoms with Crippen LogP contribution < -0.4 is 16.0 Å². The molecule has 9 heteroatoms. The second-order valence-corrected chi connectivity index (χ2v) is 10.6. The standard InChI is InChI=1S/C31H25Cl2N3O3S/c1-20-7-5-8-21(15-20)16-28(36-30(38)22-9-3-2-4-10-22)31(39)34-24-11-6-12-25(18-24)40-19-29(37)35-27-14-13-23(32)17-26(27)33/h2-18H,19H2,1H3,(H,34,39)(H,35,37)(H,36,38)/b28-16+. The van der Waals surface area contributed by atoms with Gasteiger partial charge in [0.25, 0.3) is 11.8 Å². The van der Waals surface area contributed by atoms with Crippen LogP contribution in [0, 0.1) is 6.92 Å². The Bertz CT molecular complexity index is 1580. The summed E-state index contributed by atoms with van der Waals surface area (Å²) in [6.45, 7) is 1.95.